The molecule has 0 bridgehead atoms. The van der Waals surface area contributed by atoms with E-state index in [9.17, 15) is 0 Å². The lowest BCUT2D eigenvalue weighted by atomic mass is 10.0. The van der Waals surface area contributed by atoms with Gasteiger partial charge in [-0.05, 0) is 37.9 Å². The van der Waals surface area contributed by atoms with Crippen LogP contribution in [0.5, 0.6) is 0 Å². The molecule has 0 spiro atoms. The monoisotopic (exact) mass is 244 g/mol. The summed E-state index contributed by atoms with van der Waals surface area (Å²) in [6.07, 6.45) is 7.23. The van der Waals surface area contributed by atoms with Crippen molar-refractivity contribution >= 4 is 11.0 Å². The van der Waals surface area contributed by atoms with Gasteiger partial charge in [-0.1, -0.05) is 6.92 Å². The molecule has 1 unspecified atom stereocenters. The molecule has 4 nitrogen and oxygen atoms in total. The smallest absolute Gasteiger partial charge is 0.110 e. The highest BCUT2D eigenvalue weighted by atomic mass is 15.1. The summed E-state index contributed by atoms with van der Waals surface area (Å²) < 4.78 is 2.37. The molecular formula is C14H20N4. The molecule has 3 heterocycles. The van der Waals surface area contributed by atoms with Gasteiger partial charge in [0.05, 0.1) is 11.7 Å². The zero-order valence-corrected chi connectivity index (χ0v) is 10.9. The van der Waals surface area contributed by atoms with Crippen LogP contribution >= 0.6 is 0 Å². The van der Waals surface area contributed by atoms with Gasteiger partial charge >= 0.3 is 0 Å². The zero-order valence-electron chi connectivity index (χ0n) is 10.9. The number of nitrogens with zero attached hydrogens (tertiary/aromatic N) is 3. The van der Waals surface area contributed by atoms with Crippen molar-refractivity contribution in [3.05, 3.63) is 24.3 Å². The van der Waals surface area contributed by atoms with E-state index in [-0.39, 0.29) is 0 Å². The average Bonchev–Trinajstić information content (AvgIpc) is 3.00. The topological polar surface area (TPSA) is 42.7 Å². The van der Waals surface area contributed by atoms with Gasteiger partial charge in [-0.15, -0.1) is 0 Å². The maximum atomic E-state index is 4.77. The van der Waals surface area contributed by atoms with Gasteiger partial charge in [-0.3, -0.25) is 4.98 Å². The maximum Gasteiger partial charge on any atom is 0.110 e. The fourth-order valence-corrected chi connectivity index (χ4v) is 2.81. The minimum absolute atomic E-state index is 0.741. The molecule has 1 fully saturated rings. The molecule has 4 heteroatoms. The Morgan fingerprint density at radius 2 is 2.44 bits per heavy atom. The highest BCUT2D eigenvalue weighted by Crippen LogP contribution is 2.20. The van der Waals surface area contributed by atoms with Crippen LogP contribution in [-0.2, 0) is 13.0 Å². The minimum Gasteiger partial charge on any atom is -0.328 e. The van der Waals surface area contributed by atoms with Crippen LogP contribution in [0, 0.1) is 5.92 Å². The van der Waals surface area contributed by atoms with Gasteiger partial charge in [0, 0.05) is 19.2 Å². The van der Waals surface area contributed by atoms with Crippen LogP contribution in [0.4, 0.5) is 0 Å². The van der Waals surface area contributed by atoms with Crippen molar-refractivity contribution in [3.63, 3.8) is 0 Å². The van der Waals surface area contributed by atoms with Gasteiger partial charge < -0.3 is 9.88 Å². The van der Waals surface area contributed by atoms with Crippen LogP contribution in [0.1, 0.15) is 25.6 Å². The minimum atomic E-state index is 0.741. The first-order valence-electron chi connectivity index (χ1n) is 6.88. The molecule has 3 rings (SSSR count). The molecular weight excluding hydrogens is 224 g/mol. The second-order valence-electron chi connectivity index (χ2n) is 5.11. The second kappa shape index (κ2) is 5.06. The largest absolute Gasteiger partial charge is 0.328 e. The van der Waals surface area contributed by atoms with E-state index in [1.54, 1.807) is 0 Å². The van der Waals surface area contributed by atoms with E-state index in [2.05, 4.69) is 27.9 Å². The molecule has 0 amide bonds. The summed E-state index contributed by atoms with van der Waals surface area (Å²) in [5.41, 5.74) is 2.26. The van der Waals surface area contributed by atoms with Gasteiger partial charge in [-0.25, -0.2) is 4.98 Å². The molecule has 1 aliphatic rings. The summed E-state index contributed by atoms with van der Waals surface area (Å²) >= 11 is 0. The Kier molecular flexibility index (Phi) is 3.28. The first-order valence-corrected chi connectivity index (χ1v) is 6.88. The first-order chi connectivity index (χ1) is 8.88. The van der Waals surface area contributed by atoms with Gasteiger partial charge in [0.2, 0.25) is 0 Å². The Labute approximate surface area is 107 Å². The number of nitrogens with one attached hydrogen (secondary N) is 1. The highest BCUT2D eigenvalue weighted by molar-refractivity contribution is 5.74. The van der Waals surface area contributed by atoms with E-state index in [4.69, 9.17) is 4.98 Å². The second-order valence-corrected chi connectivity index (χ2v) is 5.11. The standard InChI is InChI=1S/C14H20N4/c1-2-7-18-13-4-6-16-10-12(13)17-14(18)8-11-3-5-15-9-11/h4,6,10-11,15H,2-3,5,7-9H2,1H3. The summed E-state index contributed by atoms with van der Waals surface area (Å²) in [6, 6.07) is 2.08. The number of hydrogen-bond donors (Lipinski definition) is 1. The van der Waals surface area contributed by atoms with Crippen molar-refractivity contribution < 1.29 is 0 Å². The first kappa shape index (κ1) is 11.7. The van der Waals surface area contributed by atoms with E-state index in [1.165, 1.54) is 17.8 Å². The number of aryl methyl sites for hydroxylation is 1. The van der Waals surface area contributed by atoms with Gasteiger partial charge in [0.1, 0.15) is 11.3 Å². The Morgan fingerprint density at radius 1 is 1.50 bits per heavy atom. The number of pyridine rings is 1. The number of fused-ring (bicyclic) bond motifs is 1. The molecule has 1 saturated heterocycles. The van der Waals surface area contributed by atoms with Crippen molar-refractivity contribution in [2.24, 2.45) is 5.92 Å². The fraction of sp³-hybridized carbons (Fsp3) is 0.571. The third kappa shape index (κ3) is 2.12. The quantitative estimate of drug-likeness (QED) is 0.894. The SMILES string of the molecule is CCCn1c(CC2CCNC2)nc2cnccc21. The third-order valence-corrected chi connectivity index (χ3v) is 3.71. The van der Waals surface area contributed by atoms with Crippen LogP contribution in [-0.4, -0.2) is 27.6 Å². The number of aromatic nitrogens is 3. The predicted octanol–water partition coefficient (Wildman–Crippen LogP) is 1.99. The van der Waals surface area contributed by atoms with E-state index >= 15 is 0 Å². The van der Waals surface area contributed by atoms with Crippen LogP contribution in [0.15, 0.2) is 18.5 Å². The fourth-order valence-electron chi connectivity index (χ4n) is 2.81. The third-order valence-electron chi connectivity index (χ3n) is 3.71. The molecule has 0 saturated carbocycles. The molecule has 2 aromatic heterocycles. The van der Waals surface area contributed by atoms with Crippen molar-refractivity contribution in [2.75, 3.05) is 13.1 Å². The predicted molar refractivity (Wildman–Crippen MR) is 72.5 cm³/mol. The van der Waals surface area contributed by atoms with Crippen LogP contribution in [0.3, 0.4) is 0 Å². The molecule has 18 heavy (non-hydrogen) atoms. The molecule has 0 aliphatic carbocycles. The number of imidazole rings is 1. The summed E-state index contributed by atoms with van der Waals surface area (Å²) in [5.74, 6) is 1.97. The zero-order chi connectivity index (χ0) is 12.4. The Hall–Kier alpha value is -1.42. The van der Waals surface area contributed by atoms with Crippen LogP contribution in [0.2, 0.25) is 0 Å². The summed E-state index contributed by atoms with van der Waals surface area (Å²) in [5, 5.41) is 3.43. The molecule has 2 aromatic rings. The molecule has 1 N–H and O–H groups in total. The summed E-state index contributed by atoms with van der Waals surface area (Å²) in [7, 11) is 0. The summed E-state index contributed by atoms with van der Waals surface area (Å²) in [4.78, 5) is 8.94. The van der Waals surface area contributed by atoms with Gasteiger partial charge in [-0.2, -0.15) is 0 Å². The Balaban J connectivity index is 1.95. The lowest BCUT2D eigenvalue weighted by molar-refractivity contribution is 0.535. The van der Waals surface area contributed by atoms with Gasteiger partial charge in [0.15, 0.2) is 0 Å². The average molecular weight is 244 g/mol. The lowest BCUT2D eigenvalue weighted by Gasteiger charge is -2.11. The van der Waals surface area contributed by atoms with E-state index in [1.807, 2.05) is 12.4 Å². The lowest BCUT2D eigenvalue weighted by Crippen LogP contribution is -2.14. The molecule has 96 valence electrons. The van der Waals surface area contributed by atoms with Crippen LogP contribution in [0.25, 0.3) is 11.0 Å². The normalized spacial score (nSPS) is 19.7. The molecule has 1 aliphatic heterocycles. The molecule has 0 aromatic carbocycles. The number of hydrogen-bond acceptors (Lipinski definition) is 3. The van der Waals surface area contributed by atoms with Gasteiger partial charge in [0.25, 0.3) is 0 Å². The number of rotatable bonds is 4. The van der Waals surface area contributed by atoms with Crippen molar-refractivity contribution in [1.29, 1.82) is 0 Å². The van der Waals surface area contributed by atoms with Crippen LogP contribution < -0.4 is 5.32 Å². The van der Waals surface area contributed by atoms with E-state index in [0.29, 0.717) is 0 Å². The maximum absolute atomic E-state index is 4.77. The molecule has 0 radical (unpaired) electrons. The Morgan fingerprint density at radius 3 is 3.22 bits per heavy atom. The van der Waals surface area contributed by atoms with Crippen molar-refractivity contribution in [2.45, 2.75) is 32.7 Å². The van der Waals surface area contributed by atoms with Crippen molar-refractivity contribution in [3.8, 4) is 0 Å². The molecule has 1 atom stereocenters. The van der Waals surface area contributed by atoms with E-state index in [0.717, 1.165) is 43.9 Å². The van der Waals surface area contributed by atoms with Crippen molar-refractivity contribution in [1.82, 2.24) is 19.9 Å². The summed E-state index contributed by atoms with van der Waals surface area (Å²) in [6.45, 7) is 5.55. The van der Waals surface area contributed by atoms with E-state index < -0.39 is 0 Å². The Bertz CT molecular complexity index is 526. The highest BCUT2D eigenvalue weighted by Gasteiger charge is 2.19.